The molecule has 0 aliphatic carbocycles. The molecule has 0 saturated carbocycles. The third kappa shape index (κ3) is 4.05. The molecule has 1 heterocycles. The van der Waals surface area contributed by atoms with Gasteiger partial charge in [-0.25, -0.2) is 15.2 Å². The van der Waals surface area contributed by atoms with E-state index < -0.39 is 5.60 Å². The molecule has 5 heteroatoms. The van der Waals surface area contributed by atoms with Crippen LogP contribution < -0.4 is 10.7 Å². The molecule has 0 bridgehead atoms. The van der Waals surface area contributed by atoms with Crippen LogP contribution in [0.4, 0.5) is 4.79 Å². The number of carbonyl (C=O) groups excluding carboxylic acids is 1. The summed E-state index contributed by atoms with van der Waals surface area (Å²) in [6.07, 6.45) is -0.308. The summed E-state index contributed by atoms with van der Waals surface area (Å²) in [5.41, 5.74) is 2.41. The maximum absolute atomic E-state index is 11.7. The van der Waals surface area contributed by atoms with Gasteiger partial charge < -0.3 is 10.1 Å². The summed E-state index contributed by atoms with van der Waals surface area (Å²) in [7, 11) is 1.73. The molecule has 0 unspecified atom stereocenters. The first kappa shape index (κ1) is 12.3. The van der Waals surface area contributed by atoms with Gasteiger partial charge in [-0.15, -0.1) is 0 Å². The van der Waals surface area contributed by atoms with Crippen LogP contribution in [0, 0.1) is 5.92 Å². The lowest BCUT2D eigenvalue weighted by molar-refractivity contribution is 0.0102. The molecule has 1 saturated heterocycles. The molecule has 0 atom stereocenters. The largest absolute Gasteiger partial charge is 0.443 e. The second-order valence-corrected chi connectivity index (χ2v) is 4.84. The van der Waals surface area contributed by atoms with Crippen molar-refractivity contribution in [3.63, 3.8) is 0 Å². The lowest BCUT2D eigenvalue weighted by atomic mass is 10.0. The molecule has 1 aliphatic heterocycles. The molecular formula is C10H21N3O2. The van der Waals surface area contributed by atoms with Crippen LogP contribution in [0.3, 0.4) is 0 Å². The number of nitrogens with zero attached hydrogens (tertiary/aromatic N) is 1. The van der Waals surface area contributed by atoms with E-state index in [2.05, 4.69) is 10.7 Å². The second kappa shape index (κ2) is 4.81. The quantitative estimate of drug-likeness (QED) is 0.676. The lowest BCUT2D eigenvalue weighted by Crippen LogP contribution is -2.53. The molecule has 15 heavy (non-hydrogen) atoms. The Bertz CT molecular complexity index is 221. The molecule has 0 aromatic heterocycles. The van der Waals surface area contributed by atoms with Crippen molar-refractivity contribution in [2.45, 2.75) is 26.4 Å². The molecule has 88 valence electrons. The van der Waals surface area contributed by atoms with E-state index in [0.29, 0.717) is 12.5 Å². The van der Waals surface area contributed by atoms with Crippen molar-refractivity contribution in [3.8, 4) is 0 Å². The molecule has 1 aliphatic rings. The lowest BCUT2D eigenvalue weighted by Gasteiger charge is -2.33. The smallest absolute Gasteiger partial charge is 0.424 e. The highest BCUT2D eigenvalue weighted by molar-refractivity contribution is 5.67. The Balaban J connectivity index is 2.39. The third-order valence-electron chi connectivity index (χ3n) is 2.19. The van der Waals surface area contributed by atoms with Crippen molar-refractivity contribution in [2.75, 3.05) is 26.7 Å². The van der Waals surface area contributed by atoms with Gasteiger partial charge in [0.05, 0.1) is 0 Å². The van der Waals surface area contributed by atoms with E-state index >= 15 is 0 Å². The van der Waals surface area contributed by atoms with Crippen molar-refractivity contribution in [2.24, 2.45) is 5.92 Å². The SMILES string of the molecule is CNN(CC1CNC1)C(=O)OC(C)(C)C. The van der Waals surface area contributed by atoms with E-state index in [4.69, 9.17) is 4.74 Å². The molecule has 0 aromatic carbocycles. The predicted octanol–water partition coefficient (Wildman–Crippen LogP) is 0.577. The first-order valence-electron chi connectivity index (χ1n) is 5.31. The van der Waals surface area contributed by atoms with Gasteiger partial charge in [-0.05, 0) is 20.8 Å². The summed E-state index contributed by atoms with van der Waals surface area (Å²) in [4.78, 5) is 11.7. The molecule has 1 fully saturated rings. The van der Waals surface area contributed by atoms with Crippen LogP contribution >= 0.6 is 0 Å². The molecule has 0 aromatic rings. The topological polar surface area (TPSA) is 53.6 Å². The standard InChI is InChI=1S/C10H21N3O2/c1-10(2,3)15-9(14)13(11-4)7-8-5-12-6-8/h8,11-12H,5-7H2,1-4H3. The van der Waals surface area contributed by atoms with E-state index in [1.54, 1.807) is 7.05 Å². The number of hydrogen-bond acceptors (Lipinski definition) is 4. The summed E-state index contributed by atoms with van der Waals surface area (Å²) in [6.45, 7) is 8.23. The Kier molecular flexibility index (Phi) is 3.93. The molecule has 5 nitrogen and oxygen atoms in total. The molecule has 1 amide bonds. The van der Waals surface area contributed by atoms with E-state index in [0.717, 1.165) is 13.1 Å². The number of hydrazine groups is 1. The second-order valence-electron chi connectivity index (χ2n) is 4.84. The zero-order chi connectivity index (χ0) is 11.5. The minimum Gasteiger partial charge on any atom is -0.443 e. The molecule has 1 rings (SSSR count). The summed E-state index contributed by atoms with van der Waals surface area (Å²) in [5.74, 6) is 0.532. The molecule has 0 spiro atoms. The van der Waals surface area contributed by atoms with Gasteiger partial charge in [0.2, 0.25) is 0 Å². The van der Waals surface area contributed by atoms with Crippen LogP contribution in [0.5, 0.6) is 0 Å². The maximum atomic E-state index is 11.7. The van der Waals surface area contributed by atoms with Crippen molar-refractivity contribution < 1.29 is 9.53 Å². The molecule has 0 radical (unpaired) electrons. The number of carbonyl (C=O) groups is 1. The van der Waals surface area contributed by atoms with Crippen LogP contribution in [-0.2, 0) is 4.74 Å². The number of rotatable bonds is 3. The Hall–Kier alpha value is -0.810. The van der Waals surface area contributed by atoms with E-state index in [1.165, 1.54) is 5.01 Å². The Morgan fingerprint density at radius 2 is 2.13 bits per heavy atom. The first-order chi connectivity index (χ1) is 6.92. The van der Waals surface area contributed by atoms with Gasteiger partial charge in [-0.2, -0.15) is 0 Å². The number of nitrogens with one attached hydrogen (secondary N) is 2. The van der Waals surface area contributed by atoms with Gasteiger partial charge in [0, 0.05) is 32.6 Å². The third-order valence-corrected chi connectivity index (χ3v) is 2.19. The minimum atomic E-state index is -0.440. The van der Waals surface area contributed by atoms with Gasteiger partial charge in [-0.3, -0.25) is 0 Å². The number of ether oxygens (including phenoxy) is 1. The number of hydrogen-bond donors (Lipinski definition) is 2. The van der Waals surface area contributed by atoms with Gasteiger partial charge in [0.1, 0.15) is 5.60 Å². The zero-order valence-corrected chi connectivity index (χ0v) is 9.96. The van der Waals surface area contributed by atoms with Gasteiger partial charge in [0.15, 0.2) is 0 Å². The van der Waals surface area contributed by atoms with E-state index in [9.17, 15) is 4.79 Å². The predicted molar refractivity (Wildman–Crippen MR) is 58.4 cm³/mol. The fraction of sp³-hybridized carbons (Fsp3) is 0.900. The van der Waals surface area contributed by atoms with E-state index in [1.807, 2.05) is 20.8 Å². The average Bonchev–Trinajstić information content (AvgIpc) is 1.98. The van der Waals surface area contributed by atoms with Crippen molar-refractivity contribution in [3.05, 3.63) is 0 Å². The summed E-state index contributed by atoms with van der Waals surface area (Å²) >= 11 is 0. The number of amides is 1. The highest BCUT2D eigenvalue weighted by Gasteiger charge is 2.26. The van der Waals surface area contributed by atoms with Crippen LogP contribution in [0.15, 0.2) is 0 Å². The molecular weight excluding hydrogens is 194 g/mol. The molecule has 2 N–H and O–H groups in total. The van der Waals surface area contributed by atoms with Crippen molar-refractivity contribution >= 4 is 6.09 Å². The summed E-state index contributed by atoms with van der Waals surface area (Å²) < 4.78 is 5.26. The summed E-state index contributed by atoms with van der Waals surface area (Å²) in [6, 6.07) is 0. The van der Waals surface area contributed by atoms with E-state index in [-0.39, 0.29) is 6.09 Å². The Morgan fingerprint density at radius 1 is 1.53 bits per heavy atom. The normalized spacial score (nSPS) is 17.1. The Morgan fingerprint density at radius 3 is 2.47 bits per heavy atom. The first-order valence-corrected chi connectivity index (χ1v) is 5.31. The van der Waals surface area contributed by atoms with Gasteiger partial charge in [0.25, 0.3) is 0 Å². The minimum absolute atomic E-state index is 0.308. The van der Waals surface area contributed by atoms with Crippen molar-refractivity contribution in [1.82, 2.24) is 15.8 Å². The summed E-state index contributed by atoms with van der Waals surface area (Å²) in [5, 5.41) is 4.70. The maximum Gasteiger partial charge on any atom is 0.424 e. The monoisotopic (exact) mass is 215 g/mol. The highest BCUT2D eigenvalue weighted by atomic mass is 16.6. The van der Waals surface area contributed by atoms with Gasteiger partial charge in [-0.1, -0.05) is 0 Å². The van der Waals surface area contributed by atoms with Crippen molar-refractivity contribution in [1.29, 1.82) is 0 Å². The van der Waals surface area contributed by atoms with Crippen LogP contribution in [-0.4, -0.2) is 43.4 Å². The van der Waals surface area contributed by atoms with Gasteiger partial charge >= 0.3 is 6.09 Å². The highest BCUT2D eigenvalue weighted by Crippen LogP contribution is 2.11. The zero-order valence-electron chi connectivity index (χ0n) is 9.96. The fourth-order valence-corrected chi connectivity index (χ4v) is 1.31. The van der Waals surface area contributed by atoms with Crippen LogP contribution in [0.25, 0.3) is 0 Å². The average molecular weight is 215 g/mol. The van der Waals surface area contributed by atoms with Crippen LogP contribution in [0.2, 0.25) is 0 Å². The Labute approximate surface area is 91.1 Å². The van der Waals surface area contributed by atoms with Crippen LogP contribution in [0.1, 0.15) is 20.8 Å². The fourth-order valence-electron chi connectivity index (χ4n) is 1.31.